The zero-order valence-electron chi connectivity index (χ0n) is 15.2. The minimum atomic E-state index is 0.909. The highest BCUT2D eigenvalue weighted by Crippen LogP contribution is 2.43. The second kappa shape index (κ2) is 5.59. The van der Waals surface area contributed by atoms with Gasteiger partial charge in [-0.2, -0.15) is 0 Å². The van der Waals surface area contributed by atoms with Gasteiger partial charge < -0.3 is 0 Å². The highest BCUT2D eigenvalue weighted by molar-refractivity contribution is 6.35. The molecular formula is C28H16. The van der Waals surface area contributed by atoms with E-state index in [2.05, 4.69) is 84.8 Å². The molecule has 0 radical (unpaired) electrons. The lowest BCUT2D eigenvalue weighted by molar-refractivity contribution is 1.63. The van der Waals surface area contributed by atoms with Crippen LogP contribution in [0.25, 0.3) is 54.2 Å². The Bertz CT molecular complexity index is 1540. The van der Waals surface area contributed by atoms with E-state index in [1.807, 2.05) is 12.1 Å². The van der Waals surface area contributed by atoms with Crippen molar-refractivity contribution in [3.8, 4) is 23.5 Å². The fraction of sp³-hybridized carbons (Fsp3) is 0. The lowest BCUT2D eigenvalue weighted by Gasteiger charge is -2.17. The van der Waals surface area contributed by atoms with Crippen LogP contribution in [0.3, 0.4) is 0 Å². The van der Waals surface area contributed by atoms with Crippen molar-refractivity contribution in [3.05, 3.63) is 96.6 Å². The Morgan fingerprint density at radius 1 is 0.500 bits per heavy atom. The van der Waals surface area contributed by atoms with Crippen LogP contribution in [0.1, 0.15) is 5.56 Å². The van der Waals surface area contributed by atoms with Gasteiger partial charge in [0.1, 0.15) is 0 Å². The van der Waals surface area contributed by atoms with Crippen LogP contribution in [-0.2, 0) is 0 Å². The summed E-state index contributed by atoms with van der Waals surface area (Å²) in [6.07, 6.45) is 5.55. The topological polar surface area (TPSA) is 0 Å². The molecule has 0 spiro atoms. The molecule has 0 saturated carbocycles. The van der Waals surface area contributed by atoms with Gasteiger partial charge in [-0.15, -0.1) is 6.42 Å². The second-order valence-electron chi connectivity index (χ2n) is 7.32. The lowest BCUT2D eigenvalue weighted by atomic mass is 9.86. The van der Waals surface area contributed by atoms with E-state index in [1.54, 1.807) is 0 Å². The van der Waals surface area contributed by atoms with Crippen LogP contribution in [0.5, 0.6) is 0 Å². The van der Waals surface area contributed by atoms with E-state index in [1.165, 1.54) is 54.2 Å². The molecule has 0 fully saturated rings. The van der Waals surface area contributed by atoms with E-state index in [0.717, 1.165) is 5.56 Å². The Hall–Kier alpha value is -3.82. The van der Waals surface area contributed by atoms with Crippen molar-refractivity contribution in [2.75, 3.05) is 0 Å². The Morgan fingerprint density at radius 3 is 1.79 bits per heavy atom. The molecule has 0 N–H and O–H groups in total. The molecule has 6 aromatic carbocycles. The van der Waals surface area contributed by atoms with Crippen LogP contribution in [0.4, 0.5) is 0 Å². The molecule has 0 nitrogen and oxygen atoms in total. The maximum Gasteiger partial charge on any atom is 0.0243 e. The maximum atomic E-state index is 5.55. The standard InChI is InChI=1S/C28H16/c1-2-18-12-14-19(15-13-18)22-17-16-21-8-4-10-24-23-9-3-6-20-7-5-11-25(26(20)23)28(22)27(21)24/h1,3-17H. The summed E-state index contributed by atoms with van der Waals surface area (Å²) in [5.74, 6) is 2.71. The monoisotopic (exact) mass is 352 g/mol. The van der Waals surface area contributed by atoms with E-state index in [0.29, 0.717) is 0 Å². The number of benzene rings is 6. The lowest BCUT2D eigenvalue weighted by Crippen LogP contribution is -1.89. The van der Waals surface area contributed by atoms with Gasteiger partial charge in [0.15, 0.2) is 0 Å². The third-order valence-electron chi connectivity index (χ3n) is 5.87. The van der Waals surface area contributed by atoms with Crippen LogP contribution < -0.4 is 0 Å². The normalized spacial score (nSPS) is 11.5. The fourth-order valence-corrected chi connectivity index (χ4v) is 4.64. The highest BCUT2D eigenvalue weighted by atomic mass is 14.2. The minimum Gasteiger partial charge on any atom is -0.115 e. The van der Waals surface area contributed by atoms with Crippen LogP contribution in [-0.4, -0.2) is 0 Å². The highest BCUT2D eigenvalue weighted by Gasteiger charge is 2.15. The van der Waals surface area contributed by atoms with E-state index in [4.69, 9.17) is 6.42 Å². The van der Waals surface area contributed by atoms with Crippen LogP contribution in [0, 0.1) is 12.3 Å². The molecular weight excluding hydrogens is 336 g/mol. The fourth-order valence-electron chi connectivity index (χ4n) is 4.64. The molecule has 0 heteroatoms. The molecule has 0 saturated heterocycles. The van der Waals surface area contributed by atoms with Crippen molar-refractivity contribution in [1.29, 1.82) is 0 Å². The van der Waals surface area contributed by atoms with Crippen LogP contribution >= 0.6 is 0 Å². The van der Waals surface area contributed by atoms with Crippen LogP contribution in [0.15, 0.2) is 91.0 Å². The summed E-state index contributed by atoms with van der Waals surface area (Å²) in [5.41, 5.74) is 3.36. The molecule has 0 aromatic heterocycles. The summed E-state index contributed by atoms with van der Waals surface area (Å²) in [5, 5.41) is 10.5. The third-order valence-corrected chi connectivity index (χ3v) is 5.87. The largest absolute Gasteiger partial charge is 0.115 e. The van der Waals surface area contributed by atoms with Gasteiger partial charge in [0.25, 0.3) is 0 Å². The number of hydrogen-bond donors (Lipinski definition) is 0. The molecule has 0 aliphatic carbocycles. The number of fused-ring (bicyclic) bond motifs is 2. The molecule has 0 amide bonds. The average molecular weight is 352 g/mol. The molecule has 0 atom stereocenters. The molecule has 128 valence electrons. The van der Waals surface area contributed by atoms with Gasteiger partial charge in [0.2, 0.25) is 0 Å². The predicted octanol–water partition coefficient (Wildman–Crippen LogP) is 7.39. The minimum absolute atomic E-state index is 0.909. The Balaban J connectivity index is 1.89. The summed E-state index contributed by atoms with van der Waals surface area (Å²) in [6, 6.07) is 32.7. The molecule has 6 rings (SSSR count). The summed E-state index contributed by atoms with van der Waals surface area (Å²) < 4.78 is 0. The van der Waals surface area contributed by atoms with E-state index in [9.17, 15) is 0 Å². The zero-order chi connectivity index (χ0) is 18.7. The van der Waals surface area contributed by atoms with Gasteiger partial charge in [-0.3, -0.25) is 0 Å². The second-order valence-corrected chi connectivity index (χ2v) is 7.32. The molecule has 0 unspecified atom stereocenters. The molecule has 6 aromatic rings. The first-order chi connectivity index (χ1) is 13.8. The molecule has 0 bridgehead atoms. The molecule has 0 aliphatic rings. The zero-order valence-corrected chi connectivity index (χ0v) is 15.2. The van der Waals surface area contributed by atoms with Gasteiger partial charge in [-0.05, 0) is 66.3 Å². The first-order valence-corrected chi connectivity index (χ1v) is 9.50. The summed E-state index contributed by atoms with van der Waals surface area (Å²) in [4.78, 5) is 0. The molecule has 0 aliphatic heterocycles. The molecule has 0 heterocycles. The van der Waals surface area contributed by atoms with Crippen LogP contribution in [0.2, 0.25) is 0 Å². The SMILES string of the molecule is C#Cc1ccc(-c2ccc3cccc4c5cccc6cccc(c2c34)c65)cc1. The van der Waals surface area contributed by atoms with Crippen molar-refractivity contribution in [2.45, 2.75) is 0 Å². The van der Waals surface area contributed by atoms with Crippen molar-refractivity contribution in [3.63, 3.8) is 0 Å². The summed E-state index contributed by atoms with van der Waals surface area (Å²) >= 11 is 0. The maximum absolute atomic E-state index is 5.55. The third kappa shape index (κ3) is 1.96. The molecule has 28 heavy (non-hydrogen) atoms. The van der Waals surface area contributed by atoms with E-state index in [-0.39, 0.29) is 0 Å². The first kappa shape index (κ1) is 15.3. The first-order valence-electron chi connectivity index (χ1n) is 9.50. The van der Waals surface area contributed by atoms with Gasteiger partial charge in [-0.1, -0.05) is 84.8 Å². The predicted molar refractivity (Wildman–Crippen MR) is 121 cm³/mol. The summed E-state index contributed by atoms with van der Waals surface area (Å²) in [7, 11) is 0. The Labute approximate surface area is 163 Å². The van der Waals surface area contributed by atoms with E-state index < -0.39 is 0 Å². The Morgan fingerprint density at radius 2 is 1.11 bits per heavy atom. The average Bonchev–Trinajstić information content (AvgIpc) is 2.77. The van der Waals surface area contributed by atoms with Crippen molar-refractivity contribution < 1.29 is 0 Å². The van der Waals surface area contributed by atoms with Gasteiger partial charge in [0.05, 0.1) is 0 Å². The number of hydrogen-bond acceptors (Lipinski definition) is 0. The van der Waals surface area contributed by atoms with Gasteiger partial charge >= 0.3 is 0 Å². The van der Waals surface area contributed by atoms with E-state index >= 15 is 0 Å². The summed E-state index contributed by atoms with van der Waals surface area (Å²) in [6.45, 7) is 0. The number of rotatable bonds is 1. The van der Waals surface area contributed by atoms with Crippen molar-refractivity contribution in [1.82, 2.24) is 0 Å². The van der Waals surface area contributed by atoms with Crippen molar-refractivity contribution >= 4 is 43.1 Å². The van der Waals surface area contributed by atoms with Gasteiger partial charge in [0, 0.05) is 5.56 Å². The smallest absolute Gasteiger partial charge is 0.0243 e. The van der Waals surface area contributed by atoms with Gasteiger partial charge in [-0.25, -0.2) is 0 Å². The number of terminal acetylenes is 1. The quantitative estimate of drug-likeness (QED) is 0.164. The Kier molecular flexibility index (Phi) is 3.04. The van der Waals surface area contributed by atoms with Crippen molar-refractivity contribution in [2.24, 2.45) is 0 Å².